The number of H-pyrrole nitrogens is 1. The molecule has 0 atom stereocenters. The fraction of sp³-hybridized carbons (Fsp3) is 0.222. The van der Waals surface area contributed by atoms with Gasteiger partial charge in [-0.25, -0.2) is 4.98 Å². The minimum Gasteiger partial charge on any atom is -0.306 e. The fourth-order valence-electron chi connectivity index (χ4n) is 3.04. The van der Waals surface area contributed by atoms with Gasteiger partial charge in [0.2, 0.25) is 0 Å². The highest BCUT2D eigenvalue weighted by atomic mass is 79.9. The highest BCUT2D eigenvalue weighted by Gasteiger charge is 2.19. The molecule has 116 valence electrons. The summed E-state index contributed by atoms with van der Waals surface area (Å²) in [5, 5.41) is 0.810. The molecule has 2 aromatic heterocycles. The first kappa shape index (κ1) is 14.8. The number of nitrogens with one attached hydrogen (secondary N) is 1. The molecule has 1 aliphatic rings. The molecule has 3 aromatic rings. The Labute approximate surface area is 146 Å². The largest absolute Gasteiger partial charge is 0.306 e. The summed E-state index contributed by atoms with van der Waals surface area (Å²) in [4.78, 5) is 22.2. The third-order valence-corrected chi connectivity index (χ3v) is 5.80. The Bertz CT molecular complexity index is 971. The molecule has 1 N–H and O–H groups in total. The molecule has 0 aliphatic heterocycles. The Morgan fingerprint density at radius 2 is 2.09 bits per heavy atom. The number of thiophene rings is 1. The Kier molecular flexibility index (Phi) is 3.91. The lowest BCUT2D eigenvalue weighted by atomic mass is 9.97. The second-order valence-corrected chi connectivity index (χ2v) is 7.73. The minimum absolute atomic E-state index is 0.0108. The fourth-order valence-corrected chi connectivity index (χ4v) is 4.73. The molecule has 5 heteroatoms. The predicted molar refractivity (Wildman–Crippen MR) is 100.0 cm³/mol. The van der Waals surface area contributed by atoms with Crippen LogP contribution in [0.4, 0.5) is 0 Å². The summed E-state index contributed by atoms with van der Waals surface area (Å²) in [6.45, 7) is 0. The van der Waals surface area contributed by atoms with Crippen LogP contribution >= 0.6 is 27.3 Å². The van der Waals surface area contributed by atoms with Gasteiger partial charge in [-0.05, 0) is 55.0 Å². The van der Waals surface area contributed by atoms with Crippen LogP contribution in [-0.2, 0) is 12.8 Å². The smallest absolute Gasteiger partial charge is 0.260 e. The second-order valence-electron chi connectivity index (χ2n) is 5.73. The molecule has 4 rings (SSSR count). The van der Waals surface area contributed by atoms with Gasteiger partial charge in [-0.1, -0.05) is 34.1 Å². The van der Waals surface area contributed by atoms with Crippen molar-refractivity contribution in [2.75, 3.05) is 0 Å². The number of halogens is 1. The van der Waals surface area contributed by atoms with Gasteiger partial charge >= 0.3 is 0 Å². The van der Waals surface area contributed by atoms with Gasteiger partial charge in [-0.15, -0.1) is 11.3 Å². The van der Waals surface area contributed by atoms with Crippen molar-refractivity contribution in [2.24, 2.45) is 0 Å². The predicted octanol–water partition coefficient (Wildman–Crippen LogP) is 4.80. The van der Waals surface area contributed by atoms with E-state index >= 15 is 0 Å². The van der Waals surface area contributed by atoms with Crippen LogP contribution in [0.25, 0.3) is 22.4 Å². The maximum atomic E-state index is 12.5. The molecule has 23 heavy (non-hydrogen) atoms. The molecule has 0 amide bonds. The van der Waals surface area contributed by atoms with Gasteiger partial charge in [0, 0.05) is 9.35 Å². The maximum absolute atomic E-state index is 12.5. The number of nitrogens with zero attached hydrogens (tertiary/aromatic N) is 1. The van der Waals surface area contributed by atoms with Crippen molar-refractivity contribution < 1.29 is 0 Å². The lowest BCUT2D eigenvalue weighted by molar-refractivity contribution is 0.700. The third kappa shape index (κ3) is 2.91. The molecule has 0 saturated carbocycles. The topological polar surface area (TPSA) is 45.8 Å². The first-order valence-electron chi connectivity index (χ1n) is 7.69. The van der Waals surface area contributed by atoms with Crippen molar-refractivity contribution >= 4 is 49.6 Å². The molecule has 0 unspecified atom stereocenters. The zero-order valence-electron chi connectivity index (χ0n) is 12.4. The number of fused-ring (bicyclic) bond motifs is 3. The van der Waals surface area contributed by atoms with Crippen LogP contribution in [0, 0.1) is 0 Å². The van der Waals surface area contributed by atoms with Crippen molar-refractivity contribution in [3.8, 4) is 0 Å². The maximum Gasteiger partial charge on any atom is 0.260 e. The number of benzene rings is 1. The number of hydrogen-bond donors (Lipinski definition) is 1. The molecule has 0 saturated heterocycles. The number of rotatable bonds is 2. The van der Waals surface area contributed by atoms with Crippen LogP contribution in [0.15, 0.2) is 33.5 Å². The van der Waals surface area contributed by atoms with Gasteiger partial charge in [-0.3, -0.25) is 4.79 Å². The van der Waals surface area contributed by atoms with E-state index in [4.69, 9.17) is 0 Å². The van der Waals surface area contributed by atoms with E-state index in [-0.39, 0.29) is 5.56 Å². The van der Waals surface area contributed by atoms with E-state index in [0.29, 0.717) is 5.82 Å². The first-order chi connectivity index (χ1) is 11.2. The lowest BCUT2D eigenvalue weighted by Crippen LogP contribution is -2.11. The van der Waals surface area contributed by atoms with Crippen molar-refractivity contribution in [2.45, 2.75) is 25.7 Å². The highest BCUT2D eigenvalue weighted by molar-refractivity contribution is 9.10. The molecular formula is C18H15BrN2OS. The van der Waals surface area contributed by atoms with E-state index in [1.165, 1.54) is 23.3 Å². The number of aromatic amines is 1. The Hall–Kier alpha value is -1.72. The van der Waals surface area contributed by atoms with E-state index in [0.717, 1.165) is 33.1 Å². The van der Waals surface area contributed by atoms with Crippen LogP contribution in [0.1, 0.15) is 34.7 Å². The van der Waals surface area contributed by atoms with E-state index in [2.05, 4.69) is 25.9 Å². The average Bonchev–Trinajstić information content (AvgIpc) is 2.92. The van der Waals surface area contributed by atoms with Gasteiger partial charge in [0.05, 0.1) is 5.39 Å². The number of hydrogen-bond acceptors (Lipinski definition) is 3. The lowest BCUT2D eigenvalue weighted by Gasteiger charge is -2.09. The first-order valence-corrected chi connectivity index (χ1v) is 9.30. The van der Waals surface area contributed by atoms with E-state index < -0.39 is 0 Å². The zero-order valence-corrected chi connectivity index (χ0v) is 14.8. The number of aromatic nitrogens is 2. The van der Waals surface area contributed by atoms with Crippen LogP contribution in [0.2, 0.25) is 0 Å². The Morgan fingerprint density at radius 1 is 1.22 bits per heavy atom. The van der Waals surface area contributed by atoms with E-state index in [9.17, 15) is 4.79 Å². The molecule has 1 aromatic carbocycles. The van der Waals surface area contributed by atoms with Crippen molar-refractivity contribution in [3.63, 3.8) is 0 Å². The summed E-state index contributed by atoms with van der Waals surface area (Å²) in [7, 11) is 0. The average molecular weight is 387 g/mol. The summed E-state index contributed by atoms with van der Waals surface area (Å²) in [6, 6.07) is 8.01. The third-order valence-electron chi connectivity index (χ3n) is 4.13. The van der Waals surface area contributed by atoms with Crippen molar-refractivity contribution in [3.05, 3.63) is 60.9 Å². The van der Waals surface area contributed by atoms with Crippen molar-refractivity contribution in [1.82, 2.24) is 9.97 Å². The molecule has 0 fully saturated rings. The van der Waals surface area contributed by atoms with Crippen molar-refractivity contribution in [1.29, 1.82) is 0 Å². The van der Waals surface area contributed by atoms with Crippen LogP contribution in [0.3, 0.4) is 0 Å². The SMILES string of the molecule is O=c1[nH]c(C=Cc2cccc(Br)c2)nc2sc3c(c12)CCCC3. The van der Waals surface area contributed by atoms with Crippen LogP contribution in [-0.4, -0.2) is 9.97 Å². The van der Waals surface area contributed by atoms with Gasteiger partial charge < -0.3 is 4.98 Å². The quantitative estimate of drug-likeness (QED) is 0.687. The molecule has 3 nitrogen and oxygen atoms in total. The van der Waals surface area contributed by atoms with Gasteiger partial charge in [0.15, 0.2) is 0 Å². The monoisotopic (exact) mass is 386 g/mol. The molecule has 0 bridgehead atoms. The molecule has 2 heterocycles. The van der Waals surface area contributed by atoms with Gasteiger partial charge in [0.25, 0.3) is 5.56 Å². The van der Waals surface area contributed by atoms with Crippen LogP contribution in [0.5, 0.6) is 0 Å². The van der Waals surface area contributed by atoms with Gasteiger partial charge in [0.1, 0.15) is 10.7 Å². The Balaban J connectivity index is 1.75. The summed E-state index contributed by atoms with van der Waals surface area (Å²) >= 11 is 5.14. The van der Waals surface area contributed by atoms with E-state index in [1.807, 2.05) is 36.4 Å². The van der Waals surface area contributed by atoms with E-state index in [1.54, 1.807) is 11.3 Å². The number of aryl methyl sites for hydroxylation is 2. The highest BCUT2D eigenvalue weighted by Crippen LogP contribution is 2.33. The van der Waals surface area contributed by atoms with Gasteiger partial charge in [-0.2, -0.15) is 0 Å². The Morgan fingerprint density at radius 3 is 2.96 bits per heavy atom. The summed E-state index contributed by atoms with van der Waals surface area (Å²) in [6.07, 6.45) is 8.30. The normalized spacial score (nSPS) is 14.5. The second kappa shape index (κ2) is 6.06. The molecule has 1 aliphatic carbocycles. The standard InChI is InChI=1S/C18H15BrN2OS/c19-12-5-3-4-11(10-12)8-9-15-20-17(22)16-13-6-1-2-7-14(13)23-18(16)21-15/h3-5,8-10H,1-2,6-7H2,(H,20,21,22). The summed E-state index contributed by atoms with van der Waals surface area (Å²) < 4.78 is 1.03. The van der Waals surface area contributed by atoms with Crippen LogP contribution < -0.4 is 5.56 Å². The summed E-state index contributed by atoms with van der Waals surface area (Å²) in [5.41, 5.74) is 2.28. The summed E-state index contributed by atoms with van der Waals surface area (Å²) in [5.74, 6) is 0.612. The molecule has 0 radical (unpaired) electrons. The molecule has 0 spiro atoms. The molecular weight excluding hydrogens is 372 g/mol. The zero-order chi connectivity index (χ0) is 15.8. The minimum atomic E-state index is -0.0108.